The zero-order valence-corrected chi connectivity index (χ0v) is 14.5. The summed E-state index contributed by atoms with van der Waals surface area (Å²) >= 11 is 6.03. The van der Waals surface area contributed by atoms with Crippen molar-refractivity contribution in [1.82, 2.24) is 0 Å². The number of carbonyl (C=O) groups excluding carboxylic acids is 1. The van der Waals surface area contributed by atoms with Crippen molar-refractivity contribution in [1.29, 1.82) is 0 Å². The number of methoxy groups -OCH3 is 1. The highest BCUT2D eigenvalue weighted by atomic mass is 35.5. The second-order valence-corrected chi connectivity index (χ2v) is 7.48. The summed E-state index contributed by atoms with van der Waals surface area (Å²) < 4.78 is 28.4. The van der Waals surface area contributed by atoms with Crippen molar-refractivity contribution in [2.45, 2.75) is 11.8 Å². The van der Waals surface area contributed by atoms with E-state index in [1.165, 1.54) is 25.3 Å². The van der Waals surface area contributed by atoms with Crippen LogP contribution < -0.4 is 10.1 Å². The van der Waals surface area contributed by atoms with Gasteiger partial charge in [0.2, 0.25) is 0 Å². The summed E-state index contributed by atoms with van der Waals surface area (Å²) in [6, 6.07) is 9.15. The fourth-order valence-electron chi connectivity index (χ4n) is 1.99. The van der Waals surface area contributed by atoms with Crippen molar-refractivity contribution in [3.8, 4) is 5.75 Å². The SMILES string of the molecule is COc1cc(Cl)c(C)cc1NC(=O)c1cccc(S(C)(=O)=O)c1. The molecule has 122 valence electrons. The Hall–Kier alpha value is -2.05. The lowest BCUT2D eigenvalue weighted by Crippen LogP contribution is -2.13. The van der Waals surface area contributed by atoms with Crippen LogP contribution in [0.4, 0.5) is 5.69 Å². The number of anilines is 1. The highest BCUT2D eigenvalue weighted by molar-refractivity contribution is 7.90. The number of carbonyl (C=O) groups is 1. The van der Waals surface area contributed by atoms with Gasteiger partial charge in [-0.1, -0.05) is 17.7 Å². The summed E-state index contributed by atoms with van der Waals surface area (Å²) in [7, 11) is -1.91. The van der Waals surface area contributed by atoms with Crippen molar-refractivity contribution in [3.05, 3.63) is 52.5 Å². The minimum Gasteiger partial charge on any atom is -0.495 e. The molecular weight excluding hydrogens is 338 g/mol. The molecular formula is C16H16ClNO4S. The molecule has 0 saturated heterocycles. The van der Waals surface area contributed by atoms with Crippen molar-refractivity contribution >= 4 is 33.0 Å². The molecule has 0 aliphatic rings. The van der Waals surface area contributed by atoms with Crippen LogP contribution in [0.1, 0.15) is 15.9 Å². The van der Waals surface area contributed by atoms with Gasteiger partial charge in [-0.2, -0.15) is 0 Å². The Kier molecular flexibility index (Phi) is 4.97. The molecule has 1 N–H and O–H groups in total. The highest BCUT2D eigenvalue weighted by Crippen LogP contribution is 2.31. The molecule has 0 heterocycles. The van der Waals surface area contributed by atoms with Gasteiger partial charge >= 0.3 is 0 Å². The zero-order valence-electron chi connectivity index (χ0n) is 12.9. The molecule has 5 nitrogen and oxygen atoms in total. The van der Waals surface area contributed by atoms with E-state index in [0.717, 1.165) is 11.8 Å². The molecule has 2 rings (SSSR count). The highest BCUT2D eigenvalue weighted by Gasteiger charge is 2.14. The van der Waals surface area contributed by atoms with Gasteiger partial charge in [-0.3, -0.25) is 4.79 Å². The first-order chi connectivity index (χ1) is 10.7. The summed E-state index contributed by atoms with van der Waals surface area (Å²) in [5, 5.41) is 3.23. The number of halogens is 1. The van der Waals surface area contributed by atoms with Crippen LogP contribution in [0.3, 0.4) is 0 Å². The number of sulfone groups is 1. The molecule has 7 heteroatoms. The Bertz CT molecular complexity index is 862. The van der Waals surface area contributed by atoms with E-state index in [9.17, 15) is 13.2 Å². The lowest BCUT2D eigenvalue weighted by molar-refractivity contribution is 0.102. The van der Waals surface area contributed by atoms with Gasteiger partial charge in [-0.05, 0) is 36.8 Å². The Labute approximate surface area is 140 Å². The summed E-state index contributed by atoms with van der Waals surface area (Å²) in [6.45, 7) is 1.81. The number of amides is 1. The first kappa shape index (κ1) is 17.3. The normalized spacial score (nSPS) is 11.1. The minimum atomic E-state index is -3.38. The van der Waals surface area contributed by atoms with E-state index in [-0.39, 0.29) is 10.5 Å². The van der Waals surface area contributed by atoms with E-state index in [0.29, 0.717) is 16.5 Å². The van der Waals surface area contributed by atoms with Crippen molar-refractivity contribution in [2.75, 3.05) is 18.7 Å². The van der Waals surface area contributed by atoms with Crippen LogP contribution >= 0.6 is 11.6 Å². The molecule has 0 spiro atoms. The molecule has 1 amide bonds. The number of hydrogen-bond acceptors (Lipinski definition) is 4. The number of aryl methyl sites for hydroxylation is 1. The van der Waals surface area contributed by atoms with Crippen LogP contribution in [0.25, 0.3) is 0 Å². The molecule has 0 aliphatic carbocycles. The standard InChI is InChI=1S/C16H16ClNO4S/c1-10-7-14(15(22-2)9-13(10)17)18-16(19)11-5-4-6-12(8-11)23(3,20)21/h4-9H,1-3H3,(H,18,19). The van der Waals surface area contributed by atoms with Crippen LogP contribution in [0, 0.1) is 6.92 Å². The van der Waals surface area contributed by atoms with Crippen LogP contribution in [0.2, 0.25) is 5.02 Å². The van der Waals surface area contributed by atoms with E-state index in [4.69, 9.17) is 16.3 Å². The number of ether oxygens (including phenoxy) is 1. The van der Waals surface area contributed by atoms with E-state index in [2.05, 4.69) is 5.32 Å². The predicted molar refractivity (Wildman–Crippen MR) is 90.2 cm³/mol. The summed E-state index contributed by atoms with van der Waals surface area (Å²) in [5.74, 6) is -0.0104. The summed E-state index contributed by atoms with van der Waals surface area (Å²) in [6.07, 6.45) is 1.09. The fraction of sp³-hybridized carbons (Fsp3) is 0.188. The summed E-state index contributed by atoms with van der Waals surface area (Å²) in [5.41, 5.74) is 1.49. The van der Waals surface area contributed by atoms with Crippen molar-refractivity contribution < 1.29 is 17.9 Å². The smallest absolute Gasteiger partial charge is 0.255 e. The molecule has 0 atom stereocenters. The Morgan fingerprint density at radius 3 is 2.52 bits per heavy atom. The fourth-order valence-corrected chi connectivity index (χ4v) is 2.81. The average Bonchev–Trinajstić information content (AvgIpc) is 2.50. The second kappa shape index (κ2) is 6.60. The first-order valence-corrected chi connectivity index (χ1v) is 8.95. The topological polar surface area (TPSA) is 72.5 Å². The van der Waals surface area contributed by atoms with Crippen LogP contribution in [0.5, 0.6) is 5.75 Å². The van der Waals surface area contributed by atoms with Crippen LogP contribution in [-0.4, -0.2) is 27.7 Å². The Balaban J connectivity index is 2.35. The molecule has 0 saturated carbocycles. The third-order valence-electron chi connectivity index (χ3n) is 3.25. The Morgan fingerprint density at radius 2 is 1.91 bits per heavy atom. The maximum Gasteiger partial charge on any atom is 0.255 e. The first-order valence-electron chi connectivity index (χ1n) is 6.68. The van der Waals surface area contributed by atoms with Gasteiger partial charge in [0, 0.05) is 22.9 Å². The van der Waals surface area contributed by atoms with Crippen LogP contribution in [0.15, 0.2) is 41.3 Å². The molecule has 0 radical (unpaired) electrons. The van der Waals surface area contributed by atoms with E-state index in [1.807, 2.05) is 6.92 Å². The van der Waals surface area contributed by atoms with Gasteiger partial charge < -0.3 is 10.1 Å². The molecule has 0 bridgehead atoms. The number of hydrogen-bond donors (Lipinski definition) is 1. The molecule has 23 heavy (non-hydrogen) atoms. The molecule has 2 aromatic rings. The van der Waals surface area contributed by atoms with Gasteiger partial charge in [0.15, 0.2) is 9.84 Å². The predicted octanol–water partition coefficient (Wildman–Crippen LogP) is 3.31. The van der Waals surface area contributed by atoms with Crippen LogP contribution in [-0.2, 0) is 9.84 Å². The third kappa shape index (κ3) is 4.03. The van der Waals surface area contributed by atoms with Gasteiger partial charge in [0.1, 0.15) is 5.75 Å². The van der Waals surface area contributed by atoms with E-state index < -0.39 is 15.7 Å². The molecule has 2 aromatic carbocycles. The number of rotatable bonds is 4. The lowest BCUT2D eigenvalue weighted by atomic mass is 10.1. The molecule has 0 aliphatic heterocycles. The van der Waals surface area contributed by atoms with Gasteiger partial charge in [-0.15, -0.1) is 0 Å². The van der Waals surface area contributed by atoms with E-state index in [1.54, 1.807) is 18.2 Å². The molecule has 0 fully saturated rings. The maximum absolute atomic E-state index is 12.4. The largest absolute Gasteiger partial charge is 0.495 e. The van der Waals surface area contributed by atoms with Crippen molar-refractivity contribution in [3.63, 3.8) is 0 Å². The zero-order chi connectivity index (χ0) is 17.2. The quantitative estimate of drug-likeness (QED) is 0.915. The second-order valence-electron chi connectivity index (χ2n) is 5.06. The van der Waals surface area contributed by atoms with Gasteiger partial charge in [0.05, 0.1) is 17.7 Å². The average molecular weight is 354 g/mol. The number of benzene rings is 2. The summed E-state index contributed by atoms with van der Waals surface area (Å²) in [4.78, 5) is 12.5. The molecule has 0 aromatic heterocycles. The third-order valence-corrected chi connectivity index (χ3v) is 4.77. The van der Waals surface area contributed by atoms with Crippen molar-refractivity contribution in [2.24, 2.45) is 0 Å². The van der Waals surface area contributed by atoms with E-state index >= 15 is 0 Å². The number of nitrogens with one attached hydrogen (secondary N) is 1. The maximum atomic E-state index is 12.4. The molecule has 0 unspecified atom stereocenters. The Morgan fingerprint density at radius 1 is 1.22 bits per heavy atom. The lowest BCUT2D eigenvalue weighted by Gasteiger charge is -2.12. The van der Waals surface area contributed by atoms with Gasteiger partial charge in [0.25, 0.3) is 5.91 Å². The van der Waals surface area contributed by atoms with Gasteiger partial charge in [-0.25, -0.2) is 8.42 Å². The monoisotopic (exact) mass is 353 g/mol. The minimum absolute atomic E-state index is 0.0874.